The molecule has 0 saturated carbocycles. The third kappa shape index (κ3) is 1.86. The zero-order valence-corrected chi connectivity index (χ0v) is 8.34. The van der Waals surface area contributed by atoms with E-state index in [2.05, 4.69) is 0 Å². The standard InChI is InChI=1S/C11H12O4/c1-2-9(12)14-11-8-6-4-3-5-7(8)10(13)15-11/h3-6,10-11,13H,2H2,1H3. The van der Waals surface area contributed by atoms with Gasteiger partial charge in [0.05, 0.1) is 0 Å². The van der Waals surface area contributed by atoms with Crippen molar-refractivity contribution in [3.05, 3.63) is 35.4 Å². The van der Waals surface area contributed by atoms with Crippen LogP contribution in [0.25, 0.3) is 0 Å². The second kappa shape index (κ2) is 4.00. The van der Waals surface area contributed by atoms with Gasteiger partial charge in [-0.1, -0.05) is 31.2 Å². The highest BCUT2D eigenvalue weighted by Crippen LogP contribution is 2.37. The number of aliphatic hydroxyl groups is 1. The Labute approximate surface area is 87.4 Å². The summed E-state index contributed by atoms with van der Waals surface area (Å²) in [6.07, 6.45) is -1.49. The number of rotatable bonds is 2. The monoisotopic (exact) mass is 208 g/mol. The Morgan fingerprint density at radius 3 is 2.80 bits per heavy atom. The molecule has 1 aliphatic heterocycles. The van der Waals surface area contributed by atoms with Crippen LogP contribution >= 0.6 is 0 Å². The number of hydrogen-bond acceptors (Lipinski definition) is 4. The Morgan fingerprint density at radius 2 is 2.13 bits per heavy atom. The lowest BCUT2D eigenvalue weighted by molar-refractivity contribution is -0.217. The van der Waals surface area contributed by atoms with Crippen molar-refractivity contribution >= 4 is 5.97 Å². The zero-order valence-electron chi connectivity index (χ0n) is 8.34. The number of hydrogen-bond donors (Lipinski definition) is 1. The van der Waals surface area contributed by atoms with Crippen molar-refractivity contribution in [1.29, 1.82) is 0 Å². The molecule has 80 valence electrons. The van der Waals surface area contributed by atoms with Crippen molar-refractivity contribution in [3.8, 4) is 0 Å². The number of carbonyl (C=O) groups excluding carboxylic acids is 1. The molecule has 1 aromatic carbocycles. The summed E-state index contributed by atoms with van der Waals surface area (Å²) in [4.78, 5) is 11.1. The van der Waals surface area contributed by atoms with Gasteiger partial charge >= 0.3 is 5.97 Å². The SMILES string of the molecule is CCC(=O)OC1OC(O)c2ccccc21. The molecule has 0 aromatic heterocycles. The van der Waals surface area contributed by atoms with Gasteiger partial charge in [0.2, 0.25) is 6.29 Å². The first kappa shape index (κ1) is 10.1. The summed E-state index contributed by atoms with van der Waals surface area (Å²) in [6, 6.07) is 7.14. The van der Waals surface area contributed by atoms with E-state index in [1.807, 2.05) is 6.07 Å². The van der Waals surface area contributed by atoms with Crippen LogP contribution in [0.5, 0.6) is 0 Å². The van der Waals surface area contributed by atoms with E-state index in [0.29, 0.717) is 11.1 Å². The zero-order chi connectivity index (χ0) is 10.8. The number of fused-ring (bicyclic) bond motifs is 1. The maximum absolute atomic E-state index is 11.1. The fourth-order valence-corrected chi connectivity index (χ4v) is 1.51. The van der Waals surface area contributed by atoms with E-state index in [4.69, 9.17) is 9.47 Å². The minimum Gasteiger partial charge on any atom is -0.431 e. The van der Waals surface area contributed by atoms with Crippen LogP contribution in [-0.4, -0.2) is 11.1 Å². The maximum atomic E-state index is 11.1. The van der Waals surface area contributed by atoms with E-state index in [0.717, 1.165) is 0 Å². The molecule has 0 saturated heterocycles. The summed E-state index contributed by atoms with van der Waals surface area (Å²) in [6.45, 7) is 1.71. The fourth-order valence-electron chi connectivity index (χ4n) is 1.51. The van der Waals surface area contributed by atoms with Crippen LogP contribution in [0.4, 0.5) is 0 Å². The Hall–Kier alpha value is -1.39. The predicted octanol–water partition coefficient (Wildman–Crippen LogP) is 1.66. The van der Waals surface area contributed by atoms with Crippen LogP contribution < -0.4 is 0 Å². The van der Waals surface area contributed by atoms with Crippen LogP contribution in [0.15, 0.2) is 24.3 Å². The van der Waals surface area contributed by atoms with Crippen LogP contribution in [0.1, 0.15) is 37.1 Å². The summed E-state index contributed by atoms with van der Waals surface area (Å²) in [5.74, 6) is -0.344. The van der Waals surface area contributed by atoms with Gasteiger partial charge < -0.3 is 14.6 Å². The second-order valence-electron chi connectivity index (χ2n) is 3.29. The molecule has 0 radical (unpaired) electrons. The Bertz CT molecular complexity index is 375. The summed E-state index contributed by atoms with van der Waals surface area (Å²) < 4.78 is 10.2. The number of esters is 1. The van der Waals surface area contributed by atoms with Crippen molar-refractivity contribution in [2.45, 2.75) is 25.9 Å². The third-order valence-corrected chi connectivity index (χ3v) is 2.30. The molecule has 1 aliphatic rings. The molecule has 0 aliphatic carbocycles. The van der Waals surface area contributed by atoms with Gasteiger partial charge in [0.1, 0.15) is 0 Å². The van der Waals surface area contributed by atoms with Crippen molar-refractivity contribution in [3.63, 3.8) is 0 Å². The molecule has 0 fully saturated rings. The minimum atomic E-state index is -1.00. The highest BCUT2D eigenvalue weighted by atomic mass is 16.7. The molecule has 0 amide bonds. The molecule has 1 aromatic rings. The van der Waals surface area contributed by atoms with Crippen molar-refractivity contribution in [1.82, 2.24) is 0 Å². The molecule has 4 heteroatoms. The van der Waals surface area contributed by atoms with Gasteiger partial charge in [0.25, 0.3) is 0 Å². The first-order valence-electron chi connectivity index (χ1n) is 4.84. The minimum absolute atomic E-state index is 0.290. The lowest BCUT2D eigenvalue weighted by Gasteiger charge is -2.11. The average Bonchev–Trinajstić information content (AvgIpc) is 2.57. The first-order valence-corrected chi connectivity index (χ1v) is 4.84. The van der Waals surface area contributed by atoms with E-state index in [-0.39, 0.29) is 12.4 Å². The Morgan fingerprint density at radius 1 is 1.47 bits per heavy atom. The molecule has 2 unspecified atom stereocenters. The molecule has 0 bridgehead atoms. The lowest BCUT2D eigenvalue weighted by Crippen LogP contribution is -2.09. The highest BCUT2D eigenvalue weighted by molar-refractivity contribution is 5.69. The Balaban J connectivity index is 2.21. The van der Waals surface area contributed by atoms with Gasteiger partial charge in [-0.25, -0.2) is 0 Å². The summed E-state index contributed by atoms with van der Waals surface area (Å²) >= 11 is 0. The van der Waals surface area contributed by atoms with Gasteiger partial charge in [-0.15, -0.1) is 0 Å². The number of aliphatic hydroxyl groups excluding tert-OH is 1. The predicted molar refractivity (Wildman–Crippen MR) is 51.6 cm³/mol. The maximum Gasteiger partial charge on any atom is 0.308 e. The van der Waals surface area contributed by atoms with Gasteiger partial charge in [0.15, 0.2) is 6.29 Å². The fraction of sp³-hybridized carbons (Fsp3) is 0.364. The van der Waals surface area contributed by atoms with Crippen molar-refractivity contribution in [2.75, 3.05) is 0 Å². The molecule has 4 nitrogen and oxygen atoms in total. The first-order chi connectivity index (χ1) is 7.22. The van der Waals surface area contributed by atoms with Gasteiger partial charge in [0, 0.05) is 17.5 Å². The largest absolute Gasteiger partial charge is 0.431 e. The van der Waals surface area contributed by atoms with E-state index in [1.54, 1.807) is 25.1 Å². The van der Waals surface area contributed by atoms with Gasteiger partial charge in [-0.05, 0) is 0 Å². The molecule has 2 rings (SSSR count). The van der Waals surface area contributed by atoms with Crippen LogP contribution in [-0.2, 0) is 14.3 Å². The molecule has 0 spiro atoms. The molecular weight excluding hydrogens is 196 g/mol. The second-order valence-corrected chi connectivity index (χ2v) is 3.29. The quantitative estimate of drug-likeness (QED) is 0.751. The van der Waals surface area contributed by atoms with Crippen LogP contribution in [0, 0.1) is 0 Å². The third-order valence-electron chi connectivity index (χ3n) is 2.30. The molecule has 2 atom stereocenters. The van der Waals surface area contributed by atoms with Crippen molar-refractivity contribution < 1.29 is 19.4 Å². The summed E-state index contributed by atoms with van der Waals surface area (Å²) in [5.41, 5.74) is 1.37. The number of benzene rings is 1. The van der Waals surface area contributed by atoms with Gasteiger partial charge in [-0.2, -0.15) is 0 Å². The van der Waals surface area contributed by atoms with Crippen molar-refractivity contribution in [2.24, 2.45) is 0 Å². The van der Waals surface area contributed by atoms with E-state index >= 15 is 0 Å². The normalized spacial score (nSPS) is 23.6. The van der Waals surface area contributed by atoms with E-state index < -0.39 is 12.6 Å². The number of ether oxygens (including phenoxy) is 2. The van der Waals surface area contributed by atoms with Gasteiger partial charge in [-0.3, -0.25) is 4.79 Å². The van der Waals surface area contributed by atoms with E-state index in [1.165, 1.54) is 0 Å². The molecule has 1 heterocycles. The molecular formula is C11H12O4. The number of carbonyl (C=O) groups is 1. The van der Waals surface area contributed by atoms with Crippen LogP contribution in [0.2, 0.25) is 0 Å². The van der Waals surface area contributed by atoms with Crippen LogP contribution in [0.3, 0.4) is 0 Å². The molecule has 1 N–H and O–H groups in total. The Kier molecular flexibility index (Phi) is 2.70. The topological polar surface area (TPSA) is 55.8 Å². The average molecular weight is 208 g/mol. The lowest BCUT2D eigenvalue weighted by atomic mass is 10.1. The van der Waals surface area contributed by atoms with E-state index in [9.17, 15) is 9.90 Å². The smallest absolute Gasteiger partial charge is 0.308 e. The highest BCUT2D eigenvalue weighted by Gasteiger charge is 2.32. The summed E-state index contributed by atoms with van der Waals surface area (Å²) in [5, 5.41) is 9.52. The molecule has 15 heavy (non-hydrogen) atoms. The summed E-state index contributed by atoms with van der Waals surface area (Å²) in [7, 11) is 0.